The zero-order valence-corrected chi connectivity index (χ0v) is 15.1. The molecule has 0 saturated heterocycles. The van der Waals surface area contributed by atoms with E-state index in [1.165, 1.54) is 74.5 Å². The number of aliphatic hydroxyl groups excluding tert-OH is 1. The summed E-state index contributed by atoms with van der Waals surface area (Å²) in [5.74, 6) is 0.523. The van der Waals surface area contributed by atoms with Crippen LogP contribution in [0, 0.1) is 0 Å². The lowest BCUT2D eigenvalue weighted by atomic mass is 9.86. The summed E-state index contributed by atoms with van der Waals surface area (Å²) in [6.07, 6.45) is 12.6. The second-order valence-electron chi connectivity index (χ2n) is 7.80. The van der Waals surface area contributed by atoms with Crippen molar-refractivity contribution in [3.8, 4) is 0 Å². The molecule has 0 aliphatic heterocycles. The number of hydrogen-bond donors (Lipinski definition) is 2. The number of fused-ring (bicyclic) bond motifs is 1. The first-order valence-electron chi connectivity index (χ1n) is 9.57. The van der Waals surface area contributed by atoms with Crippen molar-refractivity contribution in [1.82, 2.24) is 0 Å². The SMILES string of the molecule is CCCCCCCCc1ccc2c(c1)CCC2CC(C)(N)CO. The van der Waals surface area contributed by atoms with Crippen LogP contribution in [0.4, 0.5) is 0 Å². The number of aryl methyl sites for hydroxylation is 2. The van der Waals surface area contributed by atoms with E-state index in [-0.39, 0.29) is 6.61 Å². The molecule has 0 heterocycles. The summed E-state index contributed by atoms with van der Waals surface area (Å²) >= 11 is 0. The normalized spacial score (nSPS) is 19.6. The van der Waals surface area contributed by atoms with Crippen LogP contribution in [-0.2, 0) is 12.8 Å². The van der Waals surface area contributed by atoms with Gasteiger partial charge in [-0.05, 0) is 61.6 Å². The molecule has 0 bridgehead atoms. The number of hydrogen-bond acceptors (Lipinski definition) is 2. The van der Waals surface area contributed by atoms with Crippen molar-refractivity contribution < 1.29 is 5.11 Å². The molecule has 0 spiro atoms. The first-order valence-corrected chi connectivity index (χ1v) is 9.57. The molecule has 130 valence electrons. The van der Waals surface area contributed by atoms with E-state index < -0.39 is 5.54 Å². The van der Waals surface area contributed by atoms with Crippen molar-refractivity contribution in [1.29, 1.82) is 0 Å². The van der Waals surface area contributed by atoms with E-state index in [1.807, 2.05) is 6.92 Å². The topological polar surface area (TPSA) is 46.2 Å². The lowest BCUT2D eigenvalue weighted by molar-refractivity contribution is 0.192. The molecule has 1 aliphatic rings. The maximum Gasteiger partial charge on any atom is 0.0608 e. The minimum atomic E-state index is -0.455. The van der Waals surface area contributed by atoms with Gasteiger partial charge in [0.2, 0.25) is 0 Å². The Morgan fingerprint density at radius 2 is 1.91 bits per heavy atom. The Balaban J connectivity index is 1.84. The molecule has 1 aliphatic carbocycles. The summed E-state index contributed by atoms with van der Waals surface area (Å²) in [6, 6.07) is 7.07. The number of benzene rings is 1. The zero-order chi connectivity index (χ0) is 16.7. The Bertz CT molecular complexity index is 481. The molecule has 2 atom stereocenters. The maximum atomic E-state index is 9.40. The van der Waals surface area contributed by atoms with Gasteiger partial charge < -0.3 is 10.8 Å². The Morgan fingerprint density at radius 1 is 1.17 bits per heavy atom. The van der Waals surface area contributed by atoms with Crippen LogP contribution in [0.25, 0.3) is 0 Å². The fourth-order valence-corrected chi connectivity index (χ4v) is 3.86. The number of unbranched alkanes of at least 4 members (excludes halogenated alkanes) is 5. The molecule has 3 N–H and O–H groups in total. The van der Waals surface area contributed by atoms with Gasteiger partial charge >= 0.3 is 0 Å². The lowest BCUT2D eigenvalue weighted by Crippen LogP contribution is -2.41. The van der Waals surface area contributed by atoms with Gasteiger partial charge in [-0.25, -0.2) is 0 Å². The van der Waals surface area contributed by atoms with Gasteiger partial charge in [-0.2, -0.15) is 0 Å². The van der Waals surface area contributed by atoms with Crippen LogP contribution in [0.1, 0.15) is 87.8 Å². The zero-order valence-electron chi connectivity index (χ0n) is 15.1. The lowest BCUT2D eigenvalue weighted by Gasteiger charge is -2.26. The van der Waals surface area contributed by atoms with Gasteiger partial charge in [0, 0.05) is 5.54 Å². The van der Waals surface area contributed by atoms with Gasteiger partial charge in [-0.1, -0.05) is 57.2 Å². The highest BCUT2D eigenvalue weighted by molar-refractivity contribution is 5.38. The third-order valence-corrected chi connectivity index (χ3v) is 5.30. The Morgan fingerprint density at radius 3 is 2.65 bits per heavy atom. The van der Waals surface area contributed by atoms with E-state index in [4.69, 9.17) is 5.73 Å². The van der Waals surface area contributed by atoms with E-state index in [0.717, 1.165) is 6.42 Å². The molecule has 1 aromatic rings. The van der Waals surface area contributed by atoms with Crippen molar-refractivity contribution in [2.75, 3.05) is 6.61 Å². The highest BCUT2D eigenvalue weighted by Gasteiger charge is 2.29. The molecule has 2 heteroatoms. The number of rotatable bonds is 10. The Kier molecular flexibility index (Phi) is 7.10. The van der Waals surface area contributed by atoms with Crippen LogP contribution in [0.15, 0.2) is 18.2 Å². The average Bonchev–Trinajstić information content (AvgIpc) is 2.92. The largest absolute Gasteiger partial charge is 0.394 e. The van der Waals surface area contributed by atoms with Crippen molar-refractivity contribution in [3.63, 3.8) is 0 Å². The molecule has 2 rings (SSSR count). The third-order valence-electron chi connectivity index (χ3n) is 5.30. The summed E-state index contributed by atoms with van der Waals surface area (Å²) in [5, 5.41) is 9.40. The monoisotopic (exact) mass is 317 g/mol. The van der Waals surface area contributed by atoms with E-state index >= 15 is 0 Å². The predicted molar refractivity (Wildman–Crippen MR) is 98.9 cm³/mol. The number of aliphatic hydroxyl groups is 1. The molecule has 0 aromatic heterocycles. The third kappa shape index (κ3) is 5.61. The first-order chi connectivity index (χ1) is 11.1. The van der Waals surface area contributed by atoms with E-state index in [0.29, 0.717) is 5.92 Å². The quantitative estimate of drug-likeness (QED) is 0.613. The summed E-state index contributed by atoms with van der Waals surface area (Å²) in [5.41, 5.74) is 10.2. The first kappa shape index (κ1) is 18.5. The fraction of sp³-hybridized carbons (Fsp3) is 0.714. The van der Waals surface area contributed by atoms with Crippen molar-refractivity contribution in [2.45, 2.75) is 89.5 Å². The van der Waals surface area contributed by atoms with Crippen LogP contribution in [0.3, 0.4) is 0 Å². The smallest absolute Gasteiger partial charge is 0.0608 e. The van der Waals surface area contributed by atoms with Crippen LogP contribution < -0.4 is 5.73 Å². The second kappa shape index (κ2) is 8.84. The van der Waals surface area contributed by atoms with Crippen molar-refractivity contribution in [3.05, 3.63) is 34.9 Å². The van der Waals surface area contributed by atoms with Gasteiger partial charge in [0.15, 0.2) is 0 Å². The second-order valence-corrected chi connectivity index (χ2v) is 7.80. The molecule has 0 saturated carbocycles. The van der Waals surface area contributed by atoms with Gasteiger partial charge in [0.05, 0.1) is 6.61 Å². The summed E-state index contributed by atoms with van der Waals surface area (Å²) < 4.78 is 0. The van der Waals surface area contributed by atoms with Gasteiger partial charge in [-0.3, -0.25) is 0 Å². The van der Waals surface area contributed by atoms with Crippen molar-refractivity contribution >= 4 is 0 Å². The summed E-state index contributed by atoms with van der Waals surface area (Å²) in [7, 11) is 0. The van der Waals surface area contributed by atoms with Crippen LogP contribution in [0.2, 0.25) is 0 Å². The van der Waals surface area contributed by atoms with Gasteiger partial charge in [0.1, 0.15) is 0 Å². The fourth-order valence-electron chi connectivity index (χ4n) is 3.86. The van der Waals surface area contributed by atoms with E-state index in [9.17, 15) is 5.11 Å². The minimum absolute atomic E-state index is 0.0644. The molecule has 1 aromatic carbocycles. The average molecular weight is 318 g/mol. The highest BCUT2D eigenvalue weighted by atomic mass is 16.3. The molecular weight excluding hydrogens is 282 g/mol. The molecule has 0 radical (unpaired) electrons. The van der Waals surface area contributed by atoms with E-state index in [1.54, 1.807) is 0 Å². The molecule has 0 fully saturated rings. The van der Waals surface area contributed by atoms with Gasteiger partial charge in [0.25, 0.3) is 0 Å². The predicted octanol–water partition coefficient (Wildman–Crippen LogP) is 4.72. The molecule has 2 nitrogen and oxygen atoms in total. The highest BCUT2D eigenvalue weighted by Crippen LogP contribution is 2.38. The Hall–Kier alpha value is -0.860. The maximum absolute atomic E-state index is 9.40. The summed E-state index contributed by atoms with van der Waals surface area (Å²) in [4.78, 5) is 0. The van der Waals surface area contributed by atoms with E-state index in [2.05, 4.69) is 25.1 Å². The Labute approximate surface area is 142 Å². The van der Waals surface area contributed by atoms with Crippen LogP contribution in [0.5, 0.6) is 0 Å². The number of nitrogens with two attached hydrogens (primary N) is 1. The molecule has 2 unspecified atom stereocenters. The molecule has 23 heavy (non-hydrogen) atoms. The van der Waals surface area contributed by atoms with Crippen LogP contribution >= 0.6 is 0 Å². The molecule has 0 amide bonds. The summed E-state index contributed by atoms with van der Waals surface area (Å²) in [6.45, 7) is 4.29. The van der Waals surface area contributed by atoms with Crippen LogP contribution in [-0.4, -0.2) is 17.3 Å². The van der Waals surface area contributed by atoms with Crippen molar-refractivity contribution in [2.24, 2.45) is 5.73 Å². The standard InChI is InChI=1S/C21H35NO/c1-3-4-5-6-7-8-9-17-10-13-20-18(14-17)11-12-19(20)15-21(2,22)16-23/h10,13-14,19,23H,3-9,11-12,15-16,22H2,1-2H3. The molecular formula is C21H35NO. The van der Waals surface area contributed by atoms with Gasteiger partial charge in [-0.15, -0.1) is 0 Å². The minimum Gasteiger partial charge on any atom is -0.394 e.